The molecule has 2 atom stereocenters. The van der Waals surface area contributed by atoms with Gasteiger partial charge in [-0.3, -0.25) is 4.79 Å². The van der Waals surface area contributed by atoms with Crippen LogP contribution in [0.15, 0.2) is 29.2 Å². The third-order valence-electron chi connectivity index (χ3n) is 4.10. The van der Waals surface area contributed by atoms with Crippen LogP contribution in [0.1, 0.15) is 24.8 Å². The molecule has 0 bridgehead atoms. The molecule has 2 saturated carbocycles. The number of benzene rings is 1. The highest BCUT2D eigenvalue weighted by atomic mass is 32.2. The summed E-state index contributed by atoms with van der Waals surface area (Å²) in [5, 5.41) is 0. The molecular formula is C13H14O3S. The molecule has 0 aliphatic heterocycles. The summed E-state index contributed by atoms with van der Waals surface area (Å²) in [6.07, 6.45) is 1.70. The number of Topliss-reactive ketones (excluding diaryl/α,β-unsaturated/α-hetero) is 1. The molecule has 0 spiro atoms. The molecule has 0 unspecified atom stereocenters. The van der Waals surface area contributed by atoms with Gasteiger partial charge in [-0.25, -0.2) is 8.42 Å². The first-order valence-electron chi connectivity index (χ1n) is 5.84. The van der Waals surface area contributed by atoms with Crippen LogP contribution in [0.2, 0.25) is 0 Å². The molecule has 1 aromatic carbocycles. The van der Waals surface area contributed by atoms with E-state index in [0.29, 0.717) is 17.7 Å². The van der Waals surface area contributed by atoms with Crippen molar-refractivity contribution in [3.05, 3.63) is 29.8 Å². The van der Waals surface area contributed by atoms with Gasteiger partial charge in [0.1, 0.15) is 4.75 Å². The van der Waals surface area contributed by atoms with Crippen LogP contribution in [-0.2, 0) is 14.6 Å². The Hall–Kier alpha value is -1.16. The topological polar surface area (TPSA) is 51.2 Å². The fraction of sp³-hybridized carbons (Fsp3) is 0.462. The number of rotatable bonds is 2. The normalized spacial score (nSPS) is 31.4. The zero-order chi connectivity index (χ0) is 12.3. The molecule has 2 fully saturated rings. The van der Waals surface area contributed by atoms with Gasteiger partial charge in [0, 0.05) is 6.42 Å². The Morgan fingerprint density at radius 2 is 2.00 bits per heavy atom. The lowest BCUT2D eigenvalue weighted by molar-refractivity contribution is -0.118. The van der Waals surface area contributed by atoms with Crippen LogP contribution in [0.5, 0.6) is 0 Å². The van der Waals surface area contributed by atoms with Gasteiger partial charge in [0.25, 0.3) is 0 Å². The molecule has 0 aromatic heterocycles. The summed E-state index contributed by atoms with van der Waals surface area (Å²) >= 11 is 0. The average molecular weight is 250 g/mol. The van der Waals surface area contributed by atoms with E-state index < -0.39 is 14.6 Å². The van der Waals surface area contributed by atoms with Crippen LogP contribution in [0.25, 0.3) is 0 Å². The van der Waals surface area contributed by atoms with Gasteiger partial charge in [-0.1, -0.05) is 18.2 Å². The first-order valence-corrected chi connectivity index (χ1v) is 7.32. The first kappa shape index (κ1) is 11.0. The predicted molar refractivity (Wildman–Crippen MR) is 63.4 cm³/mol. The number of hydrogen-bond donors (Lipinski definition) is 0. The Balaban J connectivity index is 2.16. The van der Waals surface area contributed by atoms with Crippen LogP contribution in [0, 0.1) is 12.8 Å². The summed E-state index contributed by atoms with van der Waals surface area (Å²) in [6, 6.07) is 6.92. The van der Waals surface area contributed by atoms with Crippen molar-refractivity contribution >= 4 is 15.6 Å². The van der Waals surface area contributed by atoms with E-state index in [1.165, 1.54) is 0 Å². The molecule has 3 rings (SSSR count). The van der Waals surface area contributed by atoms with Crippen molar-refractivity contribution in [2.45, 2.75) is 35.8 Å². The van der Waals surface area contributed by atoms with Gasteiger partial charge in [-0.2, -0.15) is 0 Å². The molecule has 0 heterocycles. The second-order valence-electron chi connectivity index (χ2n) is 5.02. The van der Waals surface area contributed by atoms with Gasteiger partial charge in [-0.05, 0) is 37.3 Å². The largest absolute Gasteiger partial charge is 0.298 e. The highest BCUT2D eigenvalue weighted by Crippen LogP contribution is 2.60. The Kier molecular flexibility index (Phi) is 2.06. The maximum absolute atomic E-state index is 12.6. The predicted octanol–water partition coefficient (Wildman–Crippen LogP) is 1.89. The van der Waals surface area contributed by atoms with E-state index in [1.54, 1.807) is 25.1 Å². The SMILES string of the molecule is Cc1ccccc1S(=O)(=O)[C@]12C[C@H]1CCC2=O. The van der Waals surface area contributed by atoms with Crippen molar-refractivity contribution in [3.8, 4) is 0 Å². The Labute approximate surface area is 101 Å². The van der Waals surface area contributed by atoms with Crippen molar-refractivity contribution in [2.75, 3.05) is 0 Å². The van der Waals surface area contributed by atoms with Gasteiger partial charge in [0.2, 0.25) is 0 Å². The minimum atomic E-state index is -3.49. The molecule has 0 N–H and O–H groups in total. The Morgan fingerprint density at radius 3 is 2.53 bits per heavy atom. The van der Waals surface area contributed by atoms with E-state index in [4.69, 9.17) is 0 Å². The summed E-state index contributed by atoms with van der Waals surface area (Å²) in [6.45, 7) is 1.78. The molecule has 0 radical (unpaired) electrons. The molecule has 0 saturated heterocycles. The lowest BCUT2D eigenvalue weighted by Gasteiger charge is -2.14. The smallest absolute Gasteiger partial charge is 0.191 e. The number of carbonyl (C=O) groups is 1. The lowest BCUT2D eigenvalue weighted by atomic mass is 10.2. The highest BCUT2D eigenvalue weighted by Gasteiger charge is 2.71. The molecule has 2 aliphatic carbocycles. The molecular weight excluding hydrogens is 236 g/mol. The van der Waals surface area contributed by atoms with Crippen LogP contribution in [0.3, 0.4) is 0 Å². The van der Waals surface area contributed by atoms with Gasteiger partial charge >= 0.3 is 0 Å². The monoisotopic (exact) mass is 250 g/mol. The number of hydrogen-bond acceptors (Lipinski definition) is 3. The average Bonchev–Trinajstić information content (AvgIpc) is 2.95. The maximum atomic E-state index is 12.6. The van der Waals surface area contributed by atoms with E-state index in [0.717, 1.165) is 12.0 Å². The van der Waals surface area contributed by atoms with E-state index in [-0.39, 0.29) is 11.7 Å². The standard InChI is InChI=1S/C13H14O3S/c1-9-4-2-3-5-11(9)17(15,16)13-8-10(13)6-7-12(13)14/h2-5,10H,6-8H2,1H3/t10-,13-/m1/s1. The van der Waals surface area contributed by atoms with Crippen LogP contribution >= 0.6 is 0 Å². The van der Waals surface area contributed by atoms with E-state index in [2.05, 4.69) is 0 Å². The van der Waals surface area contributed by atoms with Crippen LogP contribution in [0.4, 0.5) is 0 Å². The van der Waals surface area contributed by atoms with Crippen molar-refractivity contribution in [2.24, 2.45) is 5.92 Å². The van der Waals surface area contributed by atoms with E-state index in [9.17, 15) is 13.2 Å². The summed E-state index contributed by atoms with van der Waals surface area (Å²) < 4.78 is 24.2. The van der Waals surface area contributed by atoms with Crippen molar-refractivity contribution in [3.63, 3.8) is 0 Å². The second kappa shape index (κ2) is 3.19. The number of sulfone groups is 1. The number of fused-ring (bicyclic) bond motifs is 1. The number of carbonyl (C=O) groups excluding carboxylic acids is 1. The minimum absolute atomic E-state index is 0.0691. The van der Waals surface area contributed by atoms with E-state index >= 15 is 0 Å². The fourth-order valence-electron chi connectivity index (χ4n) is 3.03. The lowest BCUT2D eigenvalue weighted by Crippen LogP contribution is -2.31. The van der Waals surface area contributed by atoms with E-state index in [1.807, 2.05) is 6.07 Å². The van der Waals surface area contributed by atoms with Crippen molar-refractivity contribution in [1.82, 2.24) is 0 Å². The van der Waals surface area contributed by atoms with Gasteiger partial charge in [0.05, 0.1) is 4.90 Å². The Bertz CT molecular complexity index is 603. The van der Waals surface area contributed by atoms with Gasteiger partial charge in [0.15, 0.2) is 15.6 Å². The molecule has 90 valence electrons. The first-order chi connectivity index (χ1) is 8.00. The van der Waals surface area contributed by atoms with Gasteiger partial charge < -0.3 is 0 Å². The minimum Gasteiger partial charge on any atom is -0.298 e. The molecule has 1 aromatic rings. The fourth-order valence-corrected chi connectivity index (χ4v) is 5.56. The summed E-state index contributed by atoms with van der Waals surface area (Å²) in [4.78, 5) is 12.2. The molecule has 4 heteroatoms. The zero-order valence-electron chi connectivity index (χ0n) is 9.64. The van der Waals surface area contributed by atoms with Crippen LogP contribution < -0.4 is 0 Å². The number of aryl methyl sites for hydroxylation is 1. The molecule has 3 nitrogen and oxygen atoms in total. The molecule has 17 heavy (non-hydrogen) atoms. The number of ketones is 1. The molecule has 0 amide bonds. The summed E-state index contributed by atoms with van der Waals surface area (Å²) in [5.41, 5.74) is 0.729. The maximum Gasteiger partial charge on any atom is 0.191 e. The summed E-state index contributed by atoms with van der Waals surface area (Å²) in [5.74, 6) is -0.00893. The third-order valence-corrected chi connectivity index (χ3v) is 6.83. The second-order valence-corrected chi connectivity index (χ2v) is 7.20. The van der Waals surface area contributed by atoms with Crippen molar-refractivity contribution in [1.29, 1.82) is 0 Å². The summed E-state index contributed by atoms with van der Waals surface area (Å²) in [7, 11) is -3.49. The van der Waals surface area contributed by atoms with Crippen LogP contribution in [-0.4, -0.2) is 18.9 Å². The van der Waals surface area contributed by atoms with Gasteiger partial charge in [-0.15, -0.1) is 0 Å². The third kappa shape index (κ3) is 1.22. The zero-order valence-corrected chi connectivity index (χ0v) is 10.5. The Morgan fingerprint density at radius 1 is 1.29 bits per heavy atom. The highest BCUT2D eigenvalue weighted by molar-refractivity contribution is 7.94. The van der Waals surface area contributed by atoms with Crippen molar-refractivity contribution < 1.29 is 13.2 Å². The quantitative estimate of drug-likeness (QED) is 0.805. The molecule has 2 aliphatic rings.